The number of benzene rings is 1. The number of hydrogen-bond donors (Lipinski definition) is 1. The molecule has 0 saturated carbocycles. The number of nitrogens with zero attached hydrogens (tertiary/aromatic N) is 2. The zero-order chi connectivity index (χ0) is 12.8. The standard InChI is InChI=1S/C14H15N3O/c1-2-14(18)15-10-12-5-3-6-13(9-12)11-17-8-4-7-16-17/h2-9H,1,10-11H2,(H,15,18). The molecule has 0 aliphatic heterocycles. The van der Waals surface area contributed by atoms with E-state index >= 15 is 0 Å². The van der Waals surface area contributed by atoms with Crippen molar-refractivity contribution in [2.24, 2.45) is 0 Å². The van der Waals surface area contributed by atoms with Crippen LogP contribution in [-0.4, -0.2) is 15.7 Å². The van der Waals surface area contributed by atoms with Gasteiger partial charge >= 0.3 is 0 Å². The second-order valence-electron chi connectivity index (χ2n) is 3.95. The zero-order valence-electron chi connectivity index (χ0n) is 10.0. The largest absolute Gasteiger partial charge is 0.348 e. The number of aromatic nitrogens is 2. The van der Waals surface area contributed by atoms with Crippen LogP contribution in [0.25, 0.3) is 0 Å². The quantitative estimate of drug-likeness (QED) is 0.810. The van der Waals surface area contributed by atoms with E-state index in [-0.39, 0.29) is 5.91 Å². The van der Waals surface area contributed by atoms with E-state index in [1.54, 1.807) is 6.20 Å². The van der Waals surface area contributed by atoms with Crippen LogP contribution in [0.5, 0.6) is 0 Å². The summed E-state index contributed by atoms with van der Waals surface area (Å²) in [6.07, 6.45) is 4.95. The Hall–Kier alpha value is -2.36. The Morgan fingerprint density at radius 2 is 2.22 bits per heavy atom. The molecule has 0 aliphatic carbocycles. The zero-order valence-corrected chi connectivity index (χ0v) is 10.0. The van der Waals surface area contributed by atoms with Crippen LogP contribution in [0.1, 0.15) is 11.1 Å². The summed E-state index contributed by atoms with van der Waals surface area (Å²) in [7, 11) is 0. The lowest BCUT2D eigenvalue weighted by Gasteiger charge is -2.06. The molecule has 4 heteroatoms. The first-order valence-electron chi connectivity index (χ1n) is 5.73. The molecule has 2 aromatic rings. The summed E-state index contributed by atoms with van der Waals surface area (Å²) in [5, 5.41) is 6.92. The molecule has 1 N–H and O–H groups in total. The first-order valence-corrected chi connectivity index (χ1v) is 5.73. The number of rotatable bonds is 5. The molecule has 1 aromatic heterocycles. The summed E-state index contributed by atoms with van der Waals surface area (Å²) >= 11 is 0. The van der Waals surface area contributed by atoms with E-state index in [1.807, 2.05) is 35.1 Å². The smallest absolute Gasteiger partial charge is 0.243 e. The Balaban J connectivity index is 2.01. The van der Waals surface area contributed by atoms with Gasteiger partial charge in [0, 0.05) is 18.9 Å². The van der Waals surface area contributed by atoms with Gasteiger partial charge in [0.25, 0.3) is 0 Å². The van der Waals surface area contributed by atoms with Crippen molar-refractivity contribution in [3.05, 3.63) is 66.5 Å². The van der Waals surface area contributed by atoms with Gasteiger partial charge in [0.05, 0.1) is 6.54 Å². The highest BCUT2D eigenvalue weighted by molar-refractivity contribution is 5.86. The highest BCUT2D eigenvalue weighted by atomic mass is 16.1. The van der Waals surface area contributed by atoms with Crippen LogP contribution < -0.4 is 5.32 Å². The normalized spacial score (nSPS) is 10.0. The lowest BCUT2D eigenvalue weighted by Crippen LogP contribution is -2.20. The molecule has 0 radical (unpaired) electrons. The highest BCUT2D eigenvalue weighted by Gasteiger charge is 1.99. The second-order valence-corrected chi connectivity index (χ2v) is 3.95. The van der Waals surface area contributed by atoms with Gasteiger partial charge in [0.2, 0.25) is 5.91 Å². The van der Waals surface area contributed by atoms with Crippen LogP contribution in [0.2, 0.25) is 0 Å². The molecule has 4 nitrogen and oxygen atoms in total. The summed E-state index contributed by atoms with van der Waals surface area (Å²) in [5.41, 5.74) is 2.22. The van der Waals surface area contributed by atoms with E-state index in [1.165, 1.54) is 6.08 Å². The van der Waals surface area contributed by atoms with Gasteiger partial charge < -0.3 is 5.32 Å². The predicted octanol–water partition coefficient (Wildman–Crippen LogP) is 1.73. The van der Waals surface area contributed by atoms with Crippen LogP contribution in [0, 0.1) is 0 Å². The molecule has 1 aromatic carbocycles. The van der Waals surface area contributed by atoms with Gasteiger partial charge in [-0.15, -0.1) is 0 Å². The van der Waals surface area contributed by atoms with Crippen LogP contribution >= 0.6 is 0 Å². The molecule has 1 heterocycles. The number of carbonyl (C=O) groups is 1. The van der Waals surface area contributed by atoms with Crippen LogP contribution in [0.4, 0.5) is 0 Å². The first-order chi connectivity index (χ1) is 8.78. The molecule has 0 atom stereocenters. The topological polar surface area (TPSA) is 46.9 Å². The molecule has 0 spiro atoms. The van der Waals surface area contributed by atoms with Crippen LogP contribution in [-0.2, 0) is 17.9 Å². The molecule has 92 valence electrons. The molecule has 1 amide bonds. The Labute approximate surface area is 106 Å². The summed E-state index contributed by atoms with van der Waals surface area (Å²) in [4.78, 5) is 11.1. The number of nitrogens with one attached hydrogen (secondary N) is 1. The van der Waals surface area contributed by atoms with Gasteiger partial charge in [-0.25, -0.2) is 0 Å². The van der Waals surface area contributed by atoms with E-state index in [2.05, 4.69) is 23.1 Å². The van der Waals surface area contributed by atoms with Gasteiger partial charge in [-0.1, -0.05) is 30.8 Å². The third kappa shape index (κ3) is 3.31. The third-order valence-electron chi connectivity index (χ3n) is 2.55. The maximum Gasteiger partial charge on any atom is 0.243 e. The molecule has 2 rings (SSSR count). The number of hydrogen-bond acceptors (Lipinski definition) is 2. The molecule has 18 heavy (non-hydrogen) atoms. The van der Waals surface area contributed by atoms with Gasteiger partial charge in [0.1, 0.15) is 0 Å². The molecular weight excluding hydrogens is 226 g/mol. The van der Waals surface area contributed by atoms with Crippen molar-refractivity contribution in [3.63, 3.8) is 0 Å². The van der Waals surface area contributed by atoms with E-state index < -0.39 is 0 Å². The SMILES string of the molecule is C=CC(=O)NCc1cccc(Cn2cccn2)c1. The molecule has 0 aliphatic rings. The van der Waals surface area contributed by atoms with E-state index in [4.69, 9.17) is 0 Å². The molecule has 0 bridgehead atoms. The van der Waals surface area contributed by atoms with Crippen molar-refractivity contribution in [3.8, 4) is 0 Å². The average molecular weight is 241 g/mol. The fraction of sp³-hybridized carbons (Fsp3) is 0.143. The minimum Gasteiger partial charge on any atom is -0.348 e. The molecular formula is C14H15N3O. The number of carbonyl (C=O) groups excluding carboxylic acids is 1. The Morgan fingerprint density at radius 1 is 1.39 bits per heavy atom. The highest BCUT2D eigenvalue weighted by Crippen LogP contribution is 2.06. The molecule has 0 saturated heterocycles. The van der Waals surface area contributed by atoms with Gasteiger partial charge in [-0.05, 0) is 23.3 Å². The average Bonchev–Trinajstić information content (AvgIpc) is 2.89. The summed E-state index contributed by atoms with van der Waals surface area (Å²) in [6.45, 7) is 4.66. The fourth-order valence-corrected chi connectivity index (χ4v) is 1.68. The Morgan fingerprint density at radius 3 is 2.94 bits per heavy atom. The van der Waals surface area contributed by atoms with Crippen LogP contribution in [0.15, 0.2) is 55.4 Å². The van der Waals surface area contributed by atoms with Gasteiger partial charge in [-0.2, -0.15) is 5.10 Å². The number of amides is 1. The van der Waals surface area contributed by atoms with Gasteiger partial charge in [0.15, 0.2) is 0 Å². The van der Waals surface area contributed by atoms with E-state index in [0.29, 0.717) is 6.54 Å². The second kappa shape index (κ2) is 5.82. The van der Waals surface area contributed by atoms with Crippen molar-refractivity contribution in [1.29, 1.82) is 0 Å². The van der Waals surface area contributed by atoms with E-state index in [9.17, 15) is 4.79 Å². The summed E-state index contributed by atoms with van der Waals surface area (Å²) < 4.78 is 1.86. The maximum atomic E-state index is 11.1. The van der Waals surface area contributed by atoms with Crippen molar-refractivity contribution in [1.82, 2.24) is 15.1 Å². The maximum absolute atomic E-state index is 11.1. The van der Waals surface area contributed by atoms with Crippen molar-refractivity contribution >= 4 is 5.91 Å². The predicted molar refractivity (Wildman–Crippen MR) is 69.8 cm³/mol. The van der Waals surface area contributed by atoms with Crippen molar-refractivity contribution < 1.29 is 4.79 Å². The minimum absolute atomic E-state index is 0.160. The van der Waals surface area contributed by atoms with Crippen LogP contribution in [0.3, 0.4) is 0 Å². The Kier molecular flexibility index (Phi) is 3.91. The molecule has 0 fully saturated rings. The lowest BCUT2D eigenvalue weighted by atomic mass is 10.1. The lowest BCUT2D eigenvalue weighted by molar-refractivity contribution is -0.116. The van der Waals surface area contributed by atoms with E-state index in [0.717, 1.165) is 17.7 Å². The summed E-state index contributed by atoms with van der Waals surface area (Å²) in [5.74, 6) is -0.160. The Bertz CT molecular complexity index is 532. The van der Waals surface area contributed by atoms with Gasteiger partial charge in [-0.3, -0.25) is 9.48 Å². The van der Waals surface area contributed by atoms with Crippen molar-refractivity contribution in [2.75, 3.05) is 0 Å². The third-order valence-corrected chi connectivity index (χ3v) is 2.55. The summed E-state index contributed by atoms with van der Waals surface area (Å²) in [6, 6.07) is 9.96. The minimum atomic E-state index is -0.160. The fourth-order valence-electron chi connectivity index (χ4n) is 1.68. The molecule has 0 unspecified atom stereocenters. The first kappa shape index (κ1) is 12.1. The van der Waals surface area contributed by atoms with Crippen molar-refractivity contribution in [2.45, 2.75) is 13.1 Å². The monoisotopic (exact) mass is 241 g/mol.